The number of carbonyl (C=O) groups is 1. The van der Waals surface area contributed by atoms with E-state index < -0.39 is 6.04 Å². The van der Waals surface area contributed by atoms with Crippen molar-refractivity contribution in [1.82, 2.24) is 19.8 Å². The van der Waals surface area contributed by atoms with E-state index in [2.05, 4.69) is 28.7 Å². The van der Waals surface area contributed by atoms with Crippen LogP contribution in [0, 0.1) is 5.82 Å². The zero-order chi connectivity index (χ0) is 19.7. The summed E-state index contributed by atoms with van der Waals surface area (Å²) in [5.74, 6) is 0.405. The molecule has 3 aromatic rings. The average Bonchev–Trinajstić information content (AvgIpc) is 3.34. The number of benzene rings is 1. The van der Waals surface area contributed by atoms with Gasteiger partial charge in [-0.3, -0.25) is 0 Å². The molecule has 3 heterocycles. The van der Waals surface area contributed by atoms with Gasteiger partial charge in [-0.1, -0.05) is 19.1 Å². The molecule has 0 bridgehead atoms. The van der Waals surface area contributed by atoms with Gasteiger partial charge in [-0.25, -0.2) is 14.2 Å². The number of nitrogens with zero attached hydrogens (tertiary/aromatic N) is 3. The topological polar surface area (TPSA) is 50.2 Å². The molecule has 4 rings (SSSR count). The van der Waals surface area contributed by atoms with E-state index in [-0.39, 0.29) is 17.9 Å². The molecular weight excluding hydrogens is 375 g/mol. The van der Waals surface area contributed by atoms with Gasteiger partial charge in [-0.2, -0.15) is 0 Å². The minimum atomic E-state index is -0.450. The van der Waals surface area contributed by atoms with Crippen LogP contribution in [-0.2, 0) is 13.5 Å². The van der Waals surface area contributed by atoms with E-state index in [1.807, 2.05) is 22.7 Å². The Bertz CT molecular complexity index is 965. The van der Waals surface area contributed by atoms with Gasteiger partial charge in [0.1, 0.15) is 17.7 Å². The molecule has 1 aromatic carbocycles. The molecule has 2 amide bonds. The predicted octanol–water partition coefficient (Wildman–Crippen LogP) is 4.43. The van der Waals surface area contributed by atoms with Crippen molar-refractivity contribution < 1.29 is 9.18 Å². The molecule has 0 saturated carbocycles. The second-order valence-electron chi connectivity index (χ2n) is 7.00. The van der Waals surface area contributed by atoms with Gasteiger partial charge in [0.2, 0.25) is 0 Å². The summed E-state index contributed by atoms with van der Waals surface area (Å²) in [7, 11) is 1.89. The number of halogens is 1. The SMILES string of the molecule is CCC1c2ccsc2CCN1C(=O)NC(c1ccc(F)cc1)c1nccn1C. The number of urea groups is 1. The smallest absolute Gasteiger partial charge is 0.318 e. The van der Waals surface area contributed by atoms with Crippen LogP contribution in [0.4, 0.5) is 9.18 Å². The number of aromatic nitrogens is 2. The largest absolute Gasteiger partial charge is 0.336 e. The van der Waals surface area contributed by atoms with Crippen molar-refractivity contribution in [2.75, 3.05) is 6.54 Å². The number of rotatable bonds is 4. The van der Waals surface area contributed by atoms with E-state index in [1.165, 1.54) is 22.6 Å². The van der Waals surface area contributed by atoms with E-state index in [4.69, 9.17) is 0 Å². The van der Waals surface area contributed by atoms with Gasteiger partial charge in [0.05, 0.1) is 6.04 Å². The fourth-order valence-corrected chi connectivity index (χ4v) is 4.82. The molecule has 1 aliphatic heterocycles. The molecule has 0 spiro atoms. The van der Waals surface area contributed by atoms with Gasteiger partial charge >= 0.3 is 6.03 Å². The number of aryl methyl sites for hydroxylation is 1. The van der Waals surface area contributed by atoms with E-state index in [9.17, 15) is 9.18 Å². The Morgan fingerprint density at radius 2 is 2.14 bits per heavy atom. The lowest BCUT2D eigenvalue weighted by Gasteiger charge is -2.36. The van der Waals surface area contributed by atoms with Gasteiger partial charge in [-0.05, 0) is 47.5 Å². The molecule has 0 radical (unpaired) electrons. The number of thiophene rings is 1. The van der Waals surface area contributed by atoms with Crippen molar-refractivity contribution in [2.45, 2.75) is 31.8 Å². The van der Waals surface area contributed by atoms with Crippen molar-refractivity contribution in [1.29, 1.82) is 0 Å². The van der Waals surface area contributed by atoms with Crippen LogP contribution >= 0.6 is 11.3 Å². The highest BCUT2D eigenvalue weighted by molar-refractivity contribution is 7.10. The molecule has 1 aliphatic rings. The maximum Gasteiger partial charge on any atom is 0.318 e. The maximum atomic E-state index is 13.4. The van der Waals surface area contributed by atoms with Gasteiger partial charge in [0.25, 0.3) is 0 Å². The summed E-state index contributed by atoms with van der Waals surface area (Å²) < 4.78 is 15.3. The van der Waals surface area contributed by atoms with Crippen LogP contribution in [0.5, 0.6) is 0 Å². The van der Waals surface area contributed by atoms with Gasteiger partial charge in [-0.15, -0.1) is 11.3 Å². The Morgan fingerprint density at radius 1 is 1.36 bits per heavy atom. The minimum Gasteiger partial charge on any atom is -0.336 e. The zero-order valence-corrected chi connectivity index (χ0v) is 16.7. The molecule has 5 nitrogen and oxygen atoms in total. The normalized spacial score (nSPS) is 17.2. The van der Waals surface area contributed by atoms with Crippen LogP contribution < -0.4 is 5.32 Å². The number of carbonyl (C=O) groups excluding carboxylic acids is 1. The fraction of sp³-hybridized carbons (Fsp3) is 0.333. The number of fused-ring (bicyclic) bond motifs is 1. The third-order valence-electron chi connectivity index (χ3n) is 5.33. The third kappa shape index (κ3) is 3.42. The highest BCUT2D eigenvalue weighted by Gasteiger charge is 2.32. The third-order valence-corrected chi connectivity index (χ3v) is 6.33. The van der Waals surface area contributed by atoms with Crippen LogP contribution in [0.25, 0.3) is 0 Å². The van der Waals surface area contributed by atoms with Crippen molar-refractivity contribution in [2.24, 2.45) is 7.05 Å². The first-order valence-corrected chi connectivity index (χ1v) is 10.3. The highest BCUT2D eigenvalue weighted by atomic mass is 32.1. The number of nitrogens with one attached hydrogen (secondary N) is 1. The molecular formula is C21H23FN4OS. The molecule has 2 atom stereocenters. The summed E-state index contributed by atoms with van der Waals surface area (Å²) in [5.41, 5.74) is 2.05. The second kappa shape index (κ2) is 7.75. The molecule has 146 valence electrons. The van der Waals surface area contributed by atoms with Crippen molar-refractivity contribution in [3.8, 4) is 0 Å². The molecule has 1 N–H and O–H groups in total. The Morgan fingerprint density at radius 3 is 2.82 bits per heavy atom. The standard InChI is InChI=1S/C21H23FN4OS/c1-3-17-16-9-13-28-18(16)8-11-26(17)21(27)24-19(20-23-10-12-25(20)2)14-4-6-15(22)7-5-14/h4-7,9-10,12-13,17,19H,3,8,11H2,1-2H3,(H,24,27). The van der Waals surface area contributed by atoms with Crippen LogP contribution in [0.15, 0.2) is 48.1 Å². The first kappa shape index (κ1) is 18.7. The van der Waals surface area contributed by atoms with Gasteiger partial charge < -0.3 is 14.8 Å². The lowest BCUT2D eigenvalue weighted by molar-refractivity contribution is 0.165. The monoisotopic (exact) mass is 398 g/mol. The fourth-order valence-electron chi connectivity index (χ4n) is 3.89. The van der Waals surface area contributed by atoms with Crippen molar-refractivity contribution in [3.63, 3.8) is 0 Å². The van der Waals surface area contributed by atoms with Crippen LogP contribution in [0.3, 0.4) is 0 Å². The van der Waals surface area contributed by atoms with Gasteiger partial charge in [0, 0.05) is 30.9 Å². The predicted molar refractivity (Wildman–Crippen MR) is 108 cm³/mol. The zero-order valence-electron chi connectivity index (χ0n) is 15.9. The van der Waals surface area contributed by atoms with E-state index in [0.717, 1.165) is 18.4 Å². The highest BCUT2D eigenvalue weighted by Crippen LogP contribution is 2.35. The summed E-state index contributed by atoms with van der Waals surface area (Å²) in [6.07, 6.45) is 5.28. The Balaban J connectivity index is 1.62. The summed E-state index contributed by atoms with van der Waals surface area (Å²) in [6.45, 7) is 2.79. The van der Waals surface area contributed by atoms with Crippen LogP contribution in [-0.4, -0.2) is 27.0 Å². The number of hydrogen-bond acceptors (Lipinski definition) is 3. The maximum absolute atomic E-state index is 13.4. The summed E-state index contributed by atoms with van der Waals surface area (Å²) in [4.78, 5) is 21.0. The Kier molecular flexibility index (Phi) is 5.17. The van der Waals surface area contributed by atoms with Crippen LogP contribution in [0.1, 0.15) is 47.3 Å². The van der Waals surface area contributed by atoms with E-state index in [1.54, 1.807) is 29.7 Å². The average molecular weight is 399 g/mol. The first-order chi connectivity index (χ1) is 13.6. The minimum absolute atomic E-state index is 0.0743. The van der Waals surface area contributed by atoms with Crippen molar-refractivity contribution >= 4 is 17.4 Å². The molecule has 2 aromatic heterocycles. The molecule has 0 aliphatic carbocycles. The molecule has 0 saturated heterocycles. The summed E-state index contributed by atoms with van der Waals surface area (Å²) in [6, 6.07) is 7.83. The Labute approximate surface area is 167 Å². The lowest BCUT2D eigenvalue weighted by atomic mass is 9.98. The molecule has 7 heteroatoms. The number of imidazole rings is 1. The van der Waals surface area contributed by atoms with Crippen LogP contribution in [0.2, 0.25) is 0 Å². The summed E-state index contributed by atoms with van der Waals surface area (Å²) >= 11 is 1.76. The molecule has 2 unspecified atom stereocenters. The summed E-state index contributed by atoms with van der Waals surface area (Å²) in [5, 5.41) is 5.24. The number of hydrogen-bond donors (Lipinski definition) is 1. The quantitative estimate of drug-likeness (QED) is 0.707. The van der Waals surface area contributed by atoms with Gasteiger partial charge in [0.15, 0.2) is 0 Å². The first-order valence-electron chi connectivity index (χ1n) is 9.44. The molecule has 28 heavy (non-hydrogen) atoms. The Hall–Kier alpha value is -2.67. The lowest BCUT2D eigenvalue weighted by Crippen LogP contribution is -2.46. The number of amides is 2. The molecule has 0 fully saturated rings. The van der Waals surface area contributed by atoms with Crippen molar-refractivity contribution in [3.05, 3.63) is 75.8 Å². The second-order valence-corrected chi connectivity index (χ2v) is 8.00. The van der Waals surface area contributed by atoms with E-state index in [0.29, 0.717) is 12.4 Å². The van der Waals surface area contributed by atoms with E-state index >= 15 is 0 Å².